The number of benzene rings is 1. The van der Waals surface area contributed by atoms with Gasteiger partial charge in [-0.1, -0.05) is 29.2 Å². The summed E-state index contributed by atoms with van der Waals surface area (Å²) in [6.45, 7) is 3.73. The number of amides is 1. The lowest BCUT2D eigenvalue weighted by Crippen LogP contribution is -2.23. The number of anilines is 2. The zero-order chi connectivity index (χ0) is 17.3. The van der Waals surface area contributed by atoms with Crippen LogP contribution in [-0.4, -0.2) is 26.1 Å². The number of nitrogens with two attached hydrogens (primary N) is 1. The SMILES string of the molecule is Cc1ccc2nc(NC(=O)C(C)Sc3nc(N)cc(=O)[nH]3)sc2c1. The molecule has 2 heterocycles. The molecule has 0 spiro atoms. The number of carbonyl (C=O) groups is 1. The summed E-state index contributed by atoms with van der Waals surface area (Å²) in [5, 5.41) is 3.18. The van der Waals surface area contributed by atoms with Gasteiger partial charge in [-0.05, 0) is 31.5 Å². The fraction of sp³-hybridized carbons (Fsp3) is 0.200. The predicted octanol–water partition coefficient (Wildman–Crippen LogP) is 2.39. The Kier molecular flexibility index (Phi) is 4.54. The normalized spacial score (nSPS) is 12.2. The summed E-state index contributed by atoms with van der Waals surface area (Å²) in [5.74, 6) is -0.101. The van der Waals surface area contributed by atoms with Crippen LogP contribution in [0.25, 0.3) is 10.2 Å². The number of aryl methyl sites for hydroxylation is 1. The topological polar surface area (TPSA) is 114 Å². The van der Waals surface area contributed by atoms with E-state index in [9.17, 15) is 9.59 Å². The highest BCUT2D eigenvalue weighted by atomic mass is 32.2. The molecule has 0 saturated heterocycles. The molecule has 7 nitrogen and oxygen atoms in total. The second kappa shape index (κ2) is 6.62. The van der Waals surface area contributed by atoms with Crippen LogP contribution in [0.15, 0.2) is 34.2 Å². The van der Waals surface area contributed by atoms with Gasteiger partial charge in [0.1, 0.15) is 5.82 Å². The van der Waals surface area contributed by atoms with Crippen LogP contribution in [0.2, 0.25) is 0 Å². The Morgan fingerprint density at radius 3 is 2.92 bits per heavy atom. The van der Waals surface area contributed by atoms with Crippen molar-refractivity contribution in [3.8, 4) is 0 Å². The van der Waals surface area contributed by atoms with Crippen molar-refractivity contribution < 1.29 is 4.79 Å². The van der Waals surface area contributed by atoms with Gasteiger partial charge >= 0.3 is 0 Å². The van der Waals surface area contributed by atoms with Gasteiger partial charge in [-0.25, -0.2) is 9.97 Å². The summed E-state index contributed by atoms with van der Waals surface area (Å²) < 4.78 is 1.02. The molecule has 0 aliphatic rings. The summed E-state index contributed by atoms with van der Waals surface area (Å²) in [6.07, 6.45) is 0. The molecular weight excluding hydrogens is 346 g/mol. The molecule has 2 aromatic heterocycles. The highest BCUT2D eigenvalue weighted by Crippen LogP contribution is 2.27. The minimum atomic E-state index is -0.469. The molecule has 0 aliphatic heterocycles. The zero-order valence-electron chi connectivity index (χ0n) is 13.0. The van der Waals surface area contributed by atoms with Crippen molar-refractivity contribution in [2.45, 2.75) is 24.3 Å². The number of fused-ring (bicyclic) bond motifs is 1. The number of aromatic nitrogens is 3. The number of carbonyl (C=O) groups excluding carboxylic acids is 1. The van der Waals surface area contributed by atoms with E-state index in [0.717, 1.165) is 27.5 Å². The number of H-pyrrole nitrogens is 1. The highest BCUT2D eigenvalue weighted by Gasteiger charge is 2.18. The molecule has 3 rings (SSSR count). The molecule has 0 radical (unpaired) electrons. The molecule has 4 N–H and O–H groups in total. The number of thioether (sulfide) groups is 1. The van der Waals surface area contributed by atoms with Crippen LogP contribution in [0.5, 0.6) is 0 Å². The standard InChI is InChI=1S/C15H15N5O2S2/c1-7-3-4-9-10(5-7)24-14(17-9)20-13(22)8(2)23-15-18-11(16)6-12(21)19-15/h3-6,8H,1-2H3,(H,17,20,22)(H3,16,18,19,21). The Bertz CT molecular complexity index is 966. The van der Waals surface area contributed by atoms with Gasteiger partial charge in [0.2, 0.25) is 5.91 Å². The third-order valence-corrected chi connectivity index (χ3v) is 5.09. The third kappa shape index (κ3) is 3.74. The van der Waals surface area contributed by atoms with Gasteiger partial charge in [0, 0.05) is 6.07 Å². The minimum Gasteiger partial charge on any atom is -0.383 e. The van der Waals surface area contributed by atoms with E-state index in [0.29, 0.717) is 10.3 Å². The fourth-order valence-corrected chi connectivity index (χ4v) is 3.81. The first-order valence-corrected chi connectivity index (χ1v) is 8.82. The number of rotatable bonds is 4. The van der Waals surface area contributed by atoms with E-state index < -0.39 is 5.25 Å². The molecule has 0 saturated carbocycles. The number of thiazole rings is 1. The largest absolute Gasteiger partial charge is 0.383 e. The van der Waals surface area contributed by atoms with Crippen LogP contribution in [0.4, 0.5) is 10.9 Å². The van der Waals surface area contributed by atoms with E-state index in [1.807, 2.05) is 25.1 Å². The number of nitrogen functional groups attached to an aromatic ring is 1. The van der Waals surface area contributed by atoms with Crippen molar-refractivity contribution >= 4 is 50.2 Å². The molecule has 0 bridgehead atoms. The quantitative estimate of drug-likeness (QED) is 0.486. The summed E-state index contributed by atoms with van der Waals surface area (Å²) in [4.78, 5) is 34.6. The van der Waals surface area contributed by atoms with Crippen LogP contribution in [0.3, 0.4) is 0 Å². The summed E-state index contributed by atoms with van der Waals surface area (Å²) in [7, 11) is 0. The van der Waals surface area contributed by atoms with Gasteiger partial charge in [0.05, 0.1) is 15.5 Å². The maximum Gasteiger partial charge on any atom is 0.253 e. The maximum absolute atomic E-state index is 12.3. The molecule has 0 fully saturated rings. The van der Waals surface area contributed by atoms with E-state index in [4.69, 9.17) is 5.73 Å². The Morgan fingerprint density at radius 1 is 1.38 bits per heavy atom. The Morgan fingerprint density at radius 2 is 2.17 bits per heavy atom. The van der Waals surface area contributed by atoms with Crippen LogP contribution in [0, 0.1) is 6.92 Å². The fourth-order valence-electron chi connectivity index (χ4n) is 2.02. The van der Waals surface area contributed by atoms with Crippen molar-refractivity contribution in [1.29, 1.82) is 0 Å². The number of nitrogens with one attached hydrogen (secondary N) is 2. The van der Waals surface area contributed by atoms with Crippen molar-refractivity contribution in [2.75, 3.05) is 11.1 Å². The number of hydrogen-bond acceptors (Lipinski definition) is 7. The first-order valence-electron chi connectivity index (χ1n) is 7.12. The Labute approximate surface area is 145 Å². The molecule has 1 aromatic carbocycles. The molecule has 1 amide bonds. The lowest BCUT2D eigenvalue weighted by molar-refractivity contribution is -0.115. The molecule has 24 heavy (non-hydrogen) atoms. The van der Waals surface area contributed by atoms with Gasteiger partial charge in [-0.2, -0.15) is 0 Å². The van der Waals surface area contributed by atoms with E-state index in [-0.39, 0.29) is 17.3 Å². The number of aromatic amines is 1. The number of hydrogen-bond donors (Lipinski definition) is 3. The lowest BCUT2D eigenvalue weighted by atomic mass is 10.2. The summed E-state index contributed by atoms with van der Waals surface area (Å²) >= 11 is 2.55. The summed E-state index contributed by atoms with van der Waals surface area (Å²) in [5.41, 5.74) is 7.18. The molecule has 0 aliphatic carbocycles. The van der Waals surface area contributed by atoms with Gasteiger partial charge in [-0.15, -0.1) is 0 Å². The van der Waals surface area contributed by atoms with Crippen LogP contribution in [-0.2, 0) is 4.79 Å². The van der Waals surface area contributed by atoms with E-state index in [2.05, 4.69) is 20.3 Å². The average molecular weight is 361 g/mol. The molecule has 3 aromatic rings. The maximum atomic E-state index is 12.3. The second-order valence-corrected chi connectivity index (χ2v) is 7.58. The van der Waals surface area contributed by atoms with Gasteiger partial charge in [0.25, 0.3) is 5.56 Å². The highest BCUT2D eigenvalue weighted by molar-refractivity contribution is 8.00. The number of nitrogens with zero attached hydrogens (tertiary/aromatic N) is 2. The van der Waals surface area contributed by atoms with Gasteiger partial charge in [0.15, 0.2) is 10.3 Å². The first-order chi connectivity index (χ1) is 11.4. The van der Waals surface area contributed by atoms with Gasteiger partial charge in [-0.3, -0.25) is 9.59 Å². The third-order valence-electron chi connectivity index (χ3n) is 3.17. The summed E-state index contributed by atoms with van der Waals surface area (Å²) in [6, 6.07) is 7.13. The van der Waals surface area contributed by atoms with E-state index in [1.54, 1.807) is 6.92 Å². The lowest BCUT2D eigenvalue weighted by Gasteiger charge is -2.09. The average Bonchev–Trinajstić information content (AvgIpc) is 2.87. The smallest absolute Gasteiger partial charge is 0.253 e. The molecule has 1 atom stereocenters. The van der Waals surface area contributed by atoms with E-state index in [1.165, 1.54) is 17.4 Å². The molecule has 124 valence electrons. The molecular formula is C15H15N5O2S2. The predicted molar refractivity (Wildman–Crippen MR) is 97.6 cm³/mol. The van der Waals surface area contributed by atoms with Crippen LogP contribution >= 0.6 is 23.1 Å². The first kappa shape index (κ1) is 16.5. The van der Waals surface area contributed by atoms with Crippen molar-refractivity contribution in [2.24, 2.45) is 0 Å². The zero-order valence-corrected chi connectivity index (χ0v) is 14.6. The molecule has 1 unspecified atom stereocenters. The van der Waals surface area contributed by atoms with Gasteiger partial charge < -0.3 is 16.0 Å². The Hall–Kier alpha value is -2.39. The van der Waals surface area contributed by atoms with Crippen LogP contribution in [0.1, 0.15) is 12.5 Å². The van der Waals surface area contributed by atoms with Crippen molar-refractivity contribution in [3.05, 3.63) is 40.2 Å². The second-order valence-electron chi connectivity index (χ2n) is 5.21. The van der Waals surface area contributed by atoms with Crippen molar-refractivity contribution in [3.63, 3.8) is 0 Å². The Balaban J connectivity index is 1.71. The monoisotopic (exact) mass is 361 g/mol. The minimum absolute atomic E-state index is 0.121. The van der Waals surface area contributed by atoms with Crippen molar-refractivity contribution in [1.82, 2.24) is 15.0 Å². The molecule has 9 heteroatoms. The van der Waals surface area contributed by atoms with Crippen LogP contribution < -0.4 is 16.6 Å². The van der Waals surface area contributed by atoms with E-state index >= 15 is 0 Å².